The average molecular weight is 307 g/mol. The van der Waals surface area contributed by atoms with Gasteiger partial charge >= 0.3 is 0 Å². The molecule has 1 fully saturated rings. The van der Waals surface area contributed by atoms with Gasteiger partial charge in [0.25, 0.3) is 0 Å². The van der Waals surface area contributed by atoms with Gasteiger partial charge < -0.3 is 4.90 Å². The molecule has 1 aliphatic heterocycles. The summed E-state index contributed by atoms with van der Waals surface area (Å²) < 4.78 is 0. The Hall–Kier alpha value is 0.283. The van der Waals surface area contributed by atoms with E-state index in [9.17, 15) is 0 Å². The first-order chi connectivity index (χ1) is 5.95. The molecule has 0 spiro atoms. The molecule has 0 aromatic heterocycles. The molecule has 0 atom stereocenters. The number of nitrogens with zero attached hydrogens (tertiary/aromatic N) is 1. The molecule has 14 heavy (non-hydrogen) atoms. The fraction of sp³-hybridized carbons (Fsp3) is 0.455. The van der Waals surface area contributed by atoms with E-state index in [0.717, 1.165) is 6.54 Å². The molecule has 1 nitrogen and oxygen atoms in total. The standard InChI is InChI=1S/C11H14N.BrH.Zn/c1-2-6-11(7-3-1)10-12-8-4-5-9-12;;/h1-2,6-7H,4-5,8-10H2;1H;/q-1;;. The zero-order chi connectivity index (χ0) is 8.23. The Balaban J connectivity index is 0.000000845. The van der Waals surface area contributed by atoms with Gasteiger partial charge in [-0.25, -0.2) is 0 Å². The molecule has 0 bridgehead atoms. The van der Waals surface area contributed by atoms with Gasteiger partial charge in [-0.2, -0.15) is 30.3 Å². The van der Waals surface area contributed by atoms with Crippen molar-refractivity contribution in [1.82, 2.24) is 4.90 Å². The minimum Gasteiger partial charge on any atom is -0.310 e. The Labute approximate surface area is 109 Å². The van der Waals surface area contributed by atoms with Gasteiger partial charge in [-0.05, 0) is 32.5 Å². The maximum Gasteiger partial charge on any atom is 0 e. The number of hydrogen-bond acceptors (Lipinski definition) is 1. The molecular formula is C11H15BrNZn-. The van der Waals surface area contributed by atoms with Crippen LogP contribution in [-0.2, 0) is 26.0 Å². The van der Waals surface area contributed by atoms with Crippen molar-refractivity contribution in [1.29, 1.82) is 0 Å². The van der Waals surface area contributed by atoms with Crippen molar-refractivity contribution in [2.75, 3.05) is 13.1 Å². The predicted molar refractivity (Wildman–Crippen MR) is 60.1 cm³/mol. The quantitative estimate of drug-likeness (QED) is 0.600. The third-order valence-corrected chi connectivity index (χ3v) is 2.38. The largest absolute Gasteiger partial charge is 0.310 e. The number of halogens is 1. The number of benzene rings is 1. The summed E-state index contributed by atoms with van der Waals surface area (Å²) in [5.41, 5.74) is 1.39. The minimum atomic E-state index is 0. The molecule has 0 N–H and O–H groups in total. The van der Waals surface area contributed by atoms with E-state index in [1.54, 1.807) is 0 Å². The third-order valence-electron chi connectivity index (χ3n) is 2.38. The van der Waals surface area contributed by atoms with Crippen LogP contribution in [0.5, 0.6) is 0 Å². The molecule has 1 aliphatic rings. The fourth-order valence-corrected chi connectivity index (χ4v) is 1.73. The van der Waals surface area contributed by atoms with E-state index in [1.165, 1.54) is 31.5 Å². The van der Waals surface area contributed by atoms with Crippen molar-refractivity contribution in [2.45, 2.75) is 19.4 Å². The first-order valence-electron chi connectivity index (χ1n) is 4.62. The Morgan fingerprint density at radius 2 is 2.00 bits per heavy atom. The average Bonchev–Trinajstić information content (AvgIpc) is 2.59. The number of likely N-dealkylation sites (tertiary alicyclic amines) is 1. The van der Waals surface area contributed by atoms with Gasteiger partial charge in [0.1, 0.15) is 0 Å². The van der Waals surface area contributed by atoms with Crippen LogP contribution in [-0.4, -0.2) is 18.0 Å². The zero-order valence-electron chi connectivity index (χ0n) is 8.41. The Morgan fingerprint density at radius 1 is 1.29 bits per heavy atom. The summed E-state index contributed by atoms with van der Waals surface area (Å²) in [6, 6.07) is 11.4. The molecule has 74 valence electrons. The summed E-state index contributed by atoms with van der Waals surface area (Å²) in [5.74, 6) is 0. The van der Waals surface area contributed by atoms with E-state index in [1.807, 2.05) is 6.07 Å². The van der Waals surface area contributed by atoms with Gasteiger partial charge in [0.05, 0.1) is 0 Å². The molecule has 2 rings (SSSR count). The molecule has 3 heteroatoms. The third kappa shape index (κ3) is 4.21. The molecule has 0 saturated carbocycles. The summed E-state index contributed by atoms with van der Waals surface area (Å²) in [7, 11) is 0. The van der Waals surface area contributed by atoms with E-state index in [0.29, 0.717) is 0 Å². The SMILES string of the molecule is Br.[Zn].[c-]1cccc(CN2CCCC2)c1. The molecule has 0 unspecified atom stereocenters. The molecule has 1 aromatic carbocycles. The second-order valence-corrected chi connectivity index (χ2v) is 3.39. The van der Waals surface area contributed by atoms with Gasteiger partial charge in [-0.3, -0.25) is 0 Å². The van der Waals surface area contributed by atoms with Crippen molar-refractivity contribution >= 4 is 17.0 Å². The first kappa shape index (κ1) is 14.3. The van der Waals surface area contributed by atoms with Gasteiger partial charge in [0.2, 0.25) is 0 Å². The second kappa shape index (κ2) is 7.56. The molecule has 1 aromatic rings. The van der Waals surface area contributed by atoms with E-state index in [-0.39, 0.29) is 36.5 Å². The van der Waals surface area contributed by atoms with Gasteiger partial charge in [-0.15, -0.1) is 22.5 Å². The number of hydrogen-bond donors (Lipinski definition) is 0. The van der Waals surface area contributed by atoms with Gasteiger partial charge in [0.15, 0.2) is 0 Å². The maximum absolute atomic E-state index is 3.11. The van der Waals surface area contributed by atoms with Crippen LogP contribution in [0.3, 0.4) is 0 Å². The van der Waals surface area contributed by atoms with Crippen molar-refractivity contribution in [3.05, 3.63) is 35.9 Å². The van der Waals surface area contributed by atoms with Crippen LogP contribution in [0, 0.1) is 6.07 Å². The monoisotopic (exact) mass is 304 g/mol. The van der Waals surface area contributed by atoms with Crippen molar-refractivity contribution < 1.29 is 19.5 Å². The summed E-state index contributed by atoms with van der Waals surface area (Å²) in [5, 5.41) is 0. The van der Waals surface area contributed by atoms with Crippen LogP contribution in [0.25, 0.3) is 0 Å². The van der Waals surface area contributed by atoms with Crippen LogP contribution in [0.1, 0.15) is 18.4 Å². The van der Waals surface area contributed by atoms with Crippen molar-refractivity contribution in [3.8, 4) is 0 Å². The van der Waals surface area contributed by atoms with E-state index in [4.69, 9.17) is 0 Å². The van der Waals surface area contributed by atoms with Gasteiger partial charge in [-0.1, -0.05) is 0 Å². The Kier molecular flexibility index (Phi) is 7.71. The molecule has 1 heterocycles. The topological polar surface area (TPSA) is 3.24 Å². The normalized spacial score (nSPS) is 15.7. The molecule has 1 saturated heterocycles. The summed E-state index contributed by atoms with van der Waals surface area (Å²) >= 11 is 0. The van der Waals surface area contributed by atoms with Crippen LogP contribution in [0.2, 0.25) is 0 Å². The Bertz CT molecular complexity index is 234. The van der Waals surface area contributed by atoms with E-state index in [2.05, 4.69) is 29.2 Å². The fourth-order valence-electron chi connectivity index (χ4n) is 1.73. The number of rotatable bonds is 2. The molecule has 0 radical (unpaired) electrons. The van der Waals surface area contributed by atoms with E-state index < -0.39 is 0 Å². The smallest absolute Gasteiger partial charge is 0 e. The second-order valence-electron chi connectivity index (χ2n) is 3.39. The minimum absolute atomic E-state index is 0. The summed E-state index contributed by atoms with van der Waals surface area (Å²) in [6.07, 6.45) is 2.74. The predicted octanol–water partition coefficient (Wildman–Crippen LogP) is 2.66. The van der Waals surface area contributed by atoms with Crippen LogP contribution in [0.15, 0.2) is 24.3 Å². The summed E-state index contributed by atoms with van der Waals surface area (Å²) in [4.78, 5) is 2.50. The molecule has 0 amide bonds. The van der Waals surface area contributed by atoms with Crippen LogP contribution < -0.4 is 0 Å². The summed E-state index contributed by atoms with van der Waals surface area (Å²) in [6.45, 7) is 3.65. The van der Waals surface area contributed by atoms with E-state index >= 15 is 0 Å². The van der Waals surface area contributed by atoms with Crippen LogP contribution in [0.4, 0.5) is 0 Å². The first-order valence-corrected chi connectivity index (χ1v) is 4.62. The maximum atomic E-state index is 3.11. The van der Waals surface area contributed by atoms with Gasteiger partial charge in [0, 0.05) is 19.5 Å². The van der Waals surface area contributed by atoms with Crippen LogP contribution >= 0.6 is 17.0 Å². The van der Waals surface area contributed by atoms with Crippen molar-refractivity contribution in [3.63, 3.8) is 0 Å². The Morgan fingerprint density at radius 3 is 2.57 bits per heavy atom. The molecule has 0 aliphatic carbocycles. The molecular weight excluding hydrogens is 291 g/mol. The van der Waals surface area contributed by atoms with Crippen molar-refractivity contribution in [2.24, 2.45) is 0 Å². The zero-order valence-corrected chi connectivity index (χ0v) is 13.1.